The van der Waals surface area contributed by atoms with Gasteiger partial charge >= 0.3 is 0 Å². The molecule has 0 unspecified atom stereocenters. The van der Waals surface area contributed by atoms with E-state index in [9.17, 15) is 4.39 Å². The summed E-state index contributed by atoms with van der Waals surface area (Å²) in [5.74, 6) is -0.518. The quantitative estimate of drug-likeness (QED) is 0.405. The Labute approximate surface area is 138 Å². The fourth-order valence-corrected chi connectivity index (χ4v) is 1.98. The van der Waals surface area contributed by atoms with Gasteiger partial charge in [-0.2, -0.15) is 0 Å². The van der Waals surface area contributed by atoms with Crippen LogP contribution in [0.2, 0.25) is 5.02 Å². The molecule has 7 nitrogen and oxygen atoms in total. The maximum Gasteiger partial charge on any atom is 0.174 e. The van der Waals surface area contributed by atoms with Crippen LogP contribution in [0.25, 0.3) is 0 Å². The van der Waals surface area contributed by atoms with Crippen LogP contribution in [0.3, 0.4) is 0 Å². The average molecular weight is 341 g/mol. The minimum Gasteiger partial charge on any atom is -0.339 e. The van der Waals surface area contributed by atoms with Gasteiger partial charge in [0, 0.05) is 25.3 Å². The van der Waals surface area contributed by atoms with Crippen molar-refractivity contribution in [1.29, 1.82) is 5.41 Å². The van der Waals surface area contributed by atoms with E-state index in [-0.39, 0.29) is 10.9 Å². The normalized spacial score (nSPS) is 11.0. The van der Waals surface area contributed by atoms with Gasteiger partial charge in [0.15, 0.2) is 11.5 Å². The predicted molar refractivity (Wildman–Crippen MR) is 86.4 cm³/mol. The first-order valence-corrected chi connectivity index (χ1v) is 7.33. The van der Waals surface area contributed by atoms with Crippen molar-refractivity contribution >= 4 is 23.1 Å². The number of aromatic nitrogens is 2. The Bertz CT molecular complexity index is 675. The van der Waals surface area contributed by atoms with Gasteiger partial charge in [-0.3, -0.25) is 5.41 Å². The van der Waals surface area contributed by atoms with E-state index in [4.69, 9.17) is 21.6 Å². The van der Waals surface area contributed by atoms with Crippen LogP contribution in [0.15, 0.2) is 22.8 Å². The molecule has 0 aliphatic rings. The van der Waals surface area contributed by atoms with Gasteiger partial charge in [0.05, 0.1) is 5.02 Å². The van der Waals surface area contributed by atoms with Gasteiger partial charge in [0.1, 0.15) is 11.5 Å². The lowest BCUT2D eigenvalue weighted by Gasteiger charge is -2.10. The third kappa shape index (κ3) is 4.98. The highest BCUT2D eigenvalue weighted by Gasteiger charge is 2.15. The minimum atomic E-state index is -0.516. The lowest BCUT2D eigenvalue weighted by molar-refractivity contribution is 0.301. The number of benzene rings is 1. The number of hydrogen-bond acceptors (Lipinski definition) is 6. The third-order valence-corrected chi connectivity index (χ3v) is 3.30. The average Bonchev–Trinajstić information content (AvgIpc) is 2.96. The summed E-state index contributed by atoms with van der Waals surface area (Å²) in [5, 5.41) is 21.6. The molecule has 124 valence electrons. The lowest BCUT2D eigenvalue weighted by Crippen LogP contribution is -2.27. The van der Waals surface area contributed by atoms with E-state index in [1.165, 1.54) is 18.2 Å². The fraction of sp³-hybridized carbons (Fsp3) is 0.357. The van der Waals surface area contributed by atoms with Crippen molar-refractivity contribution in [3.05, 3.63) is 40.4 Å². The number of amidine groups is 1. The molecule has 3 N–H and O–H groups in total. The lowest BCUT2D eigenvalue weighted by atomic mass is 10.2. The first kappa shape index (κ1) is 17.3. The smallest absolute Gasteiger partial charge is 0.174 e. The Kier molecular flexibility index (Phi) is 6.03. The predicted octanol–water partition coefficient (Wildman–Crippen LogP) is 1.95. The van der Waals surface area contributed by atoms with E-state index in [1.54, 1.807) is 0 Å². The van der Waals surface area contributed by atoms with Crippen molar-refractivity contribution in [3.63, 3.8) is 0 Å². The Morgan fingerprint density at radius 2 is 2.17 bits per heavy atom. The molecule has 0 fully saturated rings. The van der Waals surface area contributed by atoms with Gasteiger partial charge in [-0.1, -0.05) is 16.8 Å². The molecule has 0 radical (unpaired) electrons. The van der Waals surface area contributed by atoms with Crippen LogP contribution in [-0.4, -0.2) is 48.2 Å². The zero-order valence-electron chi connectivity index (χ0n) is 12.9. The summed E-state index contributed by atoms with van der Waals surface area (Å²) < 4.78 is 17.8. The zero-order valence-corrected chi connectivity index (χ0v) is 13.6. The molecule has 0 saturated heterocycles. The number of nitrogens with zero attached hydrogens (tertiary/aromatic N) is 3. The topological polar surface area (TPSA) is 90.1 Å². The molecular weight excluding hydrogens is 323 g/mol. The zero-order chi connectivity index (χ0) is 16.8. The molecule has 1 heterocycles. The second-order valence-corrected chi connectivity index (χ2v) is 5.58. The molecule has 0 spiro atoms. The molecule has 2 aromatic rings. The van der Waals surface area contributed by atoms with Crippen LogP contribution >= 0.6 is 11.6 Å². The van der Waals surface area contributed by atoms with Crippen molar-refractivity contribution in [2.75, 3.05) is 32.5 Å². The van der Waals surface area contributed by atoms with E-state index in [1.807, 2.05) is 14.1 Å². The second kappa shape index (κ2) is 8.00. The second-order valence-electron chi connectivity index (χ2n) is 5.17. The first-order valence-electron chi connectivity index (χ1n) is 6.95. The maximum atomic E-state index is 13.1. The molecule has 0 saturated carbocycles. The van der Waals surface area contributed by atoms with Crippen molar-refractivity contribution < 1.29 is 9.02 Å². The third-order valence-electron chi connectivity index (χ3n) is 3.01. The van der Waals surface area contributed by atoms with E-state index in [2.05, 4.69) is 25.8 Å². The summed E-state index contributed by atoms with van der Waals surface area (Å²) in [5.41, 5.74) is 1.30. The standard InChI is InChI=1S/C14H18ClFN6O/c1-22(2)6-5-18-8-12-13(21-23-20-12)14(17)19-9-3-4-11(16)10(15)7-9/h3-4,7,18H,5-6,8H2,1-2H3,(H2,17,19). The number of rotatable bonds is 7. The minimum absolute atomic E-state index is 0.00154. The molecule has 23 heavy (non-hydrogen) atoms. The number of likely N-dealkylation sites (N-methyl/N-ethyl adjacent to an activating group) is 1. The summed E-state index contributed by atoms with van der Waals surface area (Å²) in [6.45, 7) is 2.08. The van der Waals surface area contributed by atoms with Crippen molar-refractivity contribution in [2.45, 2.75) is 6.54 Å². The Balaban J connectivity index is 1.97. The van der Waals surface area contributed by atoms with Gasteiger partial charge in [0.2, 0.25) is 0 Å². The monoisotopic (exact) mass is 340 g/mol. The summed E-state index contributed by atoms with van der Waals surface area (Å²) in [4.78, 5) is 2.05. The molecule has 1 aromatic heterocycles. The van der Waals surface area contributed by atoms with E-state index >= 15 is 0 Å². The van der Waals surface area contributed by atoms with E-state index in [0.29, 0.717) is 23.6 Å². The van der Waals surface area contributed by atoms with Crippen molar-refractivity contribution in [2.24, 2.45) is 0 Å². The van der Waals surface area contributed by atoms with Crippen molar-refractivity contribution in [1.82, 2.24) is 20.5 Å². The Hall–Kier alpha value is -2.03. The van der Waals surface area contributed by atoms with Gasteiger partial charge in [-0.25, -0.2) is 9.02 Å². The van der Waals surface area contributed by atoms with E-state index < -0.39 is 5.82 Å². The van der Waals surface area contributed by atoms with E-state index in [0.717, 1.165) is 13.1 Å². The Morgan fingerprint density at radius 3 is 2.87 bits per heavy atom. The molecule has 0 amide bonds. The molecule has 9 heteroatoms. The summed E-state index contributed by atoms with van der Waals surface area (Å²) in [7, 11) is 3.97. The molecular formula is C14H18ClFN6O. The highest BCUT2D eigenvalue weighted by atomic mass is 35.5. The molecule has 0 bridgehead atoms. The Morgan fingerprint density at radius 1 is 1.39 bits per heavy atom. The fourth-order valence-electron chi connectivity index (χ4n) is 1.80. The largest absolute Gasteiger partial charge is 0.339 e. The van der Waals surface area contributed by atoms with Crippen LogP contribution in [0.4, 0.5) is 10.1 Å². The molecule has 0 aliphatic heterocycles. The number of nitrogens with one attached hydrogen (secondary N) is 3. The number of anilines is 1. The first-order chi connectivity index (χ1) is 11.0. The van der Waals surface area contributed by atoms with Gasteiger partial charge < -0.3 is 15.5 Å². The summed E-state index contributed by atoms with van der Waals surface area (Å²) >= 11 is 5.72. The molecule has 1 aromatic carbocycles. The molecule has 0 aliphatic carbocycles. The molecule has 0 atom stereocenters. The highest BCUT2D eigenvalue weighted by molar-refractivity contribution is 6.31. The molecule has 2 rings (SSSR count). The maximum absolute atomic E-state index is 13.1. The SMILES string of the molecule is CN(C)CCNCc1nonc1C(=N)Nc1ccc(F)c(Cl)c1. The van der Waals surface area contributed by atoms with Gasteiger partial charge in [0.25, 0.3) is 0 Å². The number of halogens is 2. The summed E-state index contributed by atoms with van der Waals surface area (Å²) in [6.07, 6.45) is 0. The van der Waals surface area contributed by atoms with Gasteiger partial charge in [-0.05, 0) is 37.5 Å². The number of hydrogen-bond donors (Lipinski definition) is 3. The van der Waals surface area contributed by atoms with Gasteiger partial charge in [-0.15, -0.1) is 0 Å². The van der Waals surface area contributed by atoms with Crippen LogP contribution in [0.5, 0.6) is 0 Å². The van der Waals surface area contributed by atoms with Crippen LogP contribution < -0.4 is 10.6 Å². The van der Waals surface area contributed by atoms with Crippen LogP contribution in [-0.2, 0) is 6.54 Å². The van der Waals surface area contributed by atoms with Crippen LogP contribution in [0, 0.1) is 11.2 Å². The summed E-state index contributed by atoms with van der Waals surface area (Å²) in [6, 6.07) is 4.11. The van der Waals surface area contributed by atoms with Crippen LogP contribution in [0.1, 0.15) is 11.4 Å². The highest BCUT2D eigenvalue weighted by Crippen LogP contribution is 2.20. The van der Waals surface area contributed by atoms with Crippen molar-refractivity contribution in [3.8, 4) is 0 Å².